The van der Waals surface area contributed by atoms with Gasteiger partial charge in [-0.15, -0.1) is 0 Å². The Balaban J connectivity index is 2.25. The Hall–Kier alpha value is -0.380. The molecule has 1 N–H and O–H groups in total. The summed E-state index contributed by atoms with van der Waals surface area (Å²) >= 11 is 0. The molecule has 1 saturated heterocycles. The van der Waals surface area contributed by atoms with Gasteiger partial charge in [-0.1, -0.05) is 25.5 Å². The molecule has 1 heterocycles. The lowest BCUT2D eigenvalue weighted by molar-refractivity contribution is -0.871. The highest BCUT2D eigenvalue weighted by atomic mass is 16.5. The molecule has 80 valence electrons. The van der Waals surface area contributed by atoms with Gasteiger partial charge in [0.05, 0.1) is 26.2 Å². The predicted octanol–water partition coefficient (Wildman–Crippen LogP) is 1.13. The zero-order valence-corrected chi connectivity index (χ0v) is 9.10. The number of aliphatic hydroxyl groups is 1. The quantitative estimate of drug-likeness (QED) is 0.359. The zero-order valence-electron chi connectivity index (χ0n) is 9.10. The molecule has 0 saturated carbocycles. The van der Waals surface area contributed by atoms with E-state index in [0.717, 1.165) is 0 Å². The summed E-state index contributed by atoms with van der Waals surface area (Å²) in [6, 6.07) is 0. The van der Waals surface area contributed by atoms with Crippen molar-refractivity contribution in [2.24, 2.45) is 17.8 Å². The largest absolute Gasteiger partial charge is 0.633 e. The van der Waals surface area contributed by atoms with Crippen LogP contribution < -0.4 is 0 Å². The number of hydroxylamine groups is 3. The van der Waals surface area contributed by atoms with E-state index in [2.05, 4.69) is 6.92 Å². The van der Waals surface area contributed by atoms with Crippen LogP contribution in [0.2, 0.25) is 0 Å². The highest BCUT2D eigenvalue weighted by Crippen LogP contribution is 2.41. The topological polar surface area (TPSA) is 43.3 Å². The lowest BCUT2D eigenvalue weighted by Crippen LogP contribution is -2.51. The molecular formula is C11H19NO2. The molecule has 2 aliphatic rings. The standard InChI is InChI=1S/C11H19NO2/c1-7-5-12(3,14)6-10-8(2)11(13)4-9(7)10/h4,7-8,10-11,13H,5-6H2,1-3H3/t7-,8-,10-,11-,12?/m1/s1. The number of nitrogens with zero attached hydrogens (tertiary/aromatic N) is 1. The molecule has 0 aromatic heterocycles. The first-order valence-electron chi connectivity index (χ1n) is 5.36. The molecule has 3 heteroatoms. The van der Waals surface area contributed by atoms with Gasteiger partial charge in [-0.3, -0.25) is 0 Å². The molecule has 1 fully saturated rings. The predicted molar refractivity (Wildman–Crippen MR) is 55.2 cm³/mol. The normalized spacial score (nSPS) is 52.8. The van der Waals surface area contributed by atoms with E-state index >= 15 is 0 Å². The summed E-state index contributed by atoms with van der Waals surface area (Å²) in [5.41, 5.74) is 1.32. The summed E-state index contributed by atoms with van der Waals surface area (Å²) in [5, 5.41) is 21.7. The number of piperidine rings is 1. The number of hydrogen-bond donors (Lipinski definition) is 1. The fourth-order valence-corrected chi connectivity index (χ4v) is 2.99. The van der Waals surface area contributed by atoms with Crippen LogP contribution in [0.1, 0.15) is 13.8 Å². The third kappa shape index (κ3) is 1.49. The fraction of sp³-hybridized carbons (Fsp3) is 0.818. The minimum atomic E-state index is -0.337. The lowest BCUT2D eigenvalue weighted by Gasteiger charge is -2.48. The first-order valence-corrected chi connectivity index (χ1v) is 5.36. The number of aliphatic hydroxyl groups excluding tert-OH is 1. The van der Waals surface area contributed by atoms with E-state index < -0.39 is 0 Å². The Labute approximate surface area is 85.2 Å². The molecule has 5 atom stereocenters. The molecule has 1 aliphatic heterocycles. The zero-order chi connectivity index (χ0) is 10.5. The summed E-state index contributed by atoms with van der Waals surface area (Å²) in [6.45, 7) is 5.42. The van der Waals surface area contributed by atoms with Gasteiger partial charge in [-0.2, -0.15) is 0 Å². The van der Waals surface area contributed by atoms with Crippen LogP contribution >= 0.6 is 0 Å². The molecule has 3 nitrogen and oxygen atoms in total. The summed E-state index contributed by atoms with van der Waals surface area (Å²) in [5.74, 6) is 0.853. The van der Waals surface area contributed by atoms with E-state index in [1.165, 1.54) is 5.57 Å². The van der Waals surface area contributed by atoms with Gasteiger partial charge in [-0.05, 0) is 5.92 Å². The van der Waals surface area contributed by atoms with Crippen LogP contribution in [0.5, 0.6) is 0 Å². The first-order chi connectivity index (χ1) is 6.41. The highest BCUT2D eigenvalue weighted by molar-refractivity contribution is 5.22. The second-order valence-corrected chi connectivity index (χ2v) is 5.19. The van der Waals surface area contributed by atoms with Crippen LogP contribution in [-0.4, -0.2) is 36.0 Å². The van der Waals surface area contributed by atoms with E-state index in [4.69, 9.17) is 0 Å². The Morgan fingerprint density at radius 3 is 2.71 bits per heavy atom. The highest BCUT2D eigenvalue weighted by Gasteiger charge is 2.42. The third-order valence-corrected chi connectivity index (χ3v) is 3.78. The van der Waals surface area contributed by atoms with Crippen molar-refractivity contribution in [1.29, 1.82) is 0 Å². The van der Waals surface area contributed by atoms with Crippen molar-refractivity contribution in [3.8, 4) is 0 Å². The summed E-state index contributed by atoms with van der Waals surface area (Å²) < 4.78 is -0.153. The number of likely N-dealkylation sites (tertiary alicyclic amines) is 1. The minimum Gasteiger partial charge on any atom is -0.633 e. The van der Waals surface area contributed by atoms with Gasteiger partial charge < -0.3 is 15.0 Å². The molecular weight excluding hydrogens is 178 g/mol. The van der Waals surface area contributed by atoms with E-state index in [9.17, 15) is 10.3 Å². The maximum atomic E-state index is 12.0. The molecule has 0 aromatic carbocycles. The van der Waals surface area contributed by atoms with Crippen molar-refractivity contribution >= 4 is 0 Å². The summed E-state index contributed by atoms with van der Waals surface area (Å²) in [4.78, 5) is 0. The van der Waals surface area contributed by atoms with Crippen LogP contribution in [0.25, 0.3) is 0 Å². The van der Waals surface area contributed by atoms with Crippen molar-refractivity contribution < 1.29 is 9.75 Å². The van der Waals surface area contributed by atoms with Crippen LogP contribution in [0.15, 0.2) is 11.6 Å². The van der Waals surface area contributed by atoms with E-state index in [1.807, 2.05) is 13.0 Å². The molecule has 1 aliphatic carbocycles. The maximum Gasteiger partial charge on any atom is 0.0852 e. The minimum absolute atomic E-state index is 0.153. The molecule has 0 radical (unpaired) electrons. The average molecular weight is 197 g/mol. The fourth-order valence-electron chi connectivity index (χ4n) is 2.99. The Morgan fingerprint density at radius 1 is 1.43 bits per heavy atom. The van der Waals surface area contributed by atoms with Gasteiger partial charge in [0.25, 0.3) is 0 Å². The summed E-state index contributed by atoms with van der Waals surface area (Å²) in [7, 11) is 1.74. The number of fused-ring (bicyclic) bond motifs is 1. The second-order valence-electron chi connectivity index (χ2n) is 5.19. The number of quaternary nitrogens is 1. The molecule has 2 rings (SSSR count). The number of rotatable bonds is 0. The van der Waals surface area contributed by atoms with Gasteiger partial charge in [0.1, 0.15) is 0 Å². The monoisotopic (exact) mass is 197 g/mol. The summed E-state index contributed by atoms with van der Waals surface area (Å²) in [6.07, 6.45) is 1.63. The van der Waals surface area contributed by atoms with Crippen molar-refractivity contribution in [3.63, 3.8) is 0 Å². The molecule has 1 unspecified atom stereocenters. The maximum absolute atomic E-state index is 12.0. The van der Waals surface area contributed by atoms with E-state index in [-0.39, 0.29) is 16.7 Å². The Bertz CT molecular complexity index is 272. The second kappa shape index (κ2) is 3.05. The molecule has 0 aromatic rings. The van der Waals surface area contributed by atoms with Crippen molar-refractivity contribution in [1.82, 2.24) is 0 Å². The van der Waals surface area contributed by atoms with Crippen LogP contribution in [-0.2, 0) is 0 Å². The van der Waals surface area contributed by atoms with Gasteiger partial charge in [-0.25, -0.2) is 0 Å². The van der Waals surface area contributed by atoms with Crippen LogP contribution in [0.3, 0.4) is 0 Å². The Morgan fingerprint density at radius 2 is 2.07 bits per heavy atom. The Kier molecular flexibility index (Phi) is 2.21. The third-order valence-electron chi connectivity index (χ3n) is 3.78. The van der Waals surface area contributed by atoms with Gasteiger partial charge in [0.2, 0.25) is 0 Å². The van der Waals surface area contributed by atoms with E-state index in [1.54, 1.807) is 7.05 Å². The molecule has 0 amide bonds. The van der Waals surface area contributed by atoms with E-state index in [0.29, 0.717) is 24.9 Å². The lowest BCUT2D eigenvalue weighted by atomic mass is 9.82. The van der Waals surface area contributed by atoms with Crippen molar-refractivity contribution in [3.05, 3.63) is 16.9 Å². The molecule has 0 spiro atoms. The van der Waals surface area contributed by atoms with Crippen LogP contribution in [0.4, 0.5) is 0 Å². The SMILES string of the molecule is C[C@H]1[C@H](O)C=C2[C@H](C)C[N+](C)([O-])C[C@@H]21. The first kappa shape index (κ1) is 10.1. The van der Waals surface area contributed by atoms with Crippen molar-refractivity contribution in [2.45, 2.75) is 20.0 Å². The van der Waals surface area contributed by atoms with Crippen LogP contribution in [0, 0.1) is 23.0 Å². The van der Waals surface area contributed by atoms with Gasteiger partial charge in [0, 0.05) is 11.8 Å². The molecule has 14 heavy (non-hydrogen) atoms. The number of hydrogen-bond acceptors (Lipinski definition) is 2. The van der Waals surface area contributed by atoms with Gasteiger partial charge in [0.15, 0.2) is 0 Å². The average Bonchev–Trinajstić information content (AvgIpc) is 2.30. The molecule has 0 bridgehead atoms. The van der Waals surface area contributed by atoms with Gasteiger partial charge >= 0.3 is 0 Å². The van der Waals surface area contributed by atoms with Crippen molar-refractivity contribution in [2.75, 3.05) is 20.1 Å². The smallest absolute Gasteiger partial charge is 0.0852 e.